The van der Waals surface area contributed by atoms with Gasteiger partial charge in [-0.05, 0) is 50.1 Å². The lowest BCUT2D eigenvalue weighted by molar-refractivity contribution is 0.102. The zero-order chi connectivity index (χ0) is 14.0. The monoisotopic (exact) mass is 257 g/mol. The number of benzene rings is 2. The topological polar surface area (TPSA) is 29.1 Å². The van der Waals surface area contributed by atoms with Crippen molar-refractivity contribution in [2.45, 2.75) is 20.8 Å². The molecule has 0 atom stereocenters. The van der Waals surface area contributed by atoms with E-state index >= 15 is 0 Å². The Labute approximate surface area is 112 Å². The summed E-state index contributed by atoms with van der Waals surface area (Å²) in [6.07, 6.45) is 0. The summed E-state index contributed by atoms with van der Waals surface area (Å²) in [5.74, 6) is -0.927. The van der Waals surface area contributed by atoms with E-state index in [2.05, 4.69) is 5.32 Å². The summed E-state index contributed by atoms with van der Waals surface area (Å²) < 4.78 is 13.6. The van der Waals surface area contributed by atoms with E-state index in [1.807, 2.05) is 39.0 Å². The molecule has 3 heteroatoms. The molecule has 2 aromatic carbocycles. The summed E-state index contributed by atoms with van der Waals surface area (Å²) in [7, 11) is 0. The Kier molecular flexibility index (Phi) is 3.65. The molecule has 0 radical (unpaired) electrons. The van der Waals surface area contributed by atoms with E-state index in [1.165, 1.54) is 6.07 Å². The molecule has 98 valence electrons. The maximum atomic E-state index is 13.6. The van der Waals surface area contributed by atoms with Crippen molar-refractivity contribution < 1.29 is 9.18 Å². The molecule has 0 bridgehead atoms. The first-order valence-electron chi connectivity index (χ1n) is 6.12. The highest BCUT2D eigenvalue weighted by molar-refractivity contribution is 6.05. The number of anilines is 1. The number of nitrogens with one attached hydrogen (secondary N) is 1. The lowest BCUT2D eigenvalue weighted by atomic mass is 10.1. The lowest BCUT2D eigenvalue weighted by Gasteiger charge is -2.10. The van der Waals surface area contributed by atoms with Crippen molar-refractivity contribution in [3.8, 4) is 0 Å². The standard InChI is InChI=1S/C16H16FNO/c1-10-5-7-14(17)13(8-10)16(19)18-15-9-11(2)4-6-12(15)3/h4-9H,1-3H3,(H,18,19). The quantitative estimate of drug-likeness (QED) is 0.865. The second kappa shape index (κ2) is 5.22. The minimum Gasteiger partial charge on any atom is -0.322 e. The molecule has 0 saturated carbocycles. The molecule has 1 N–H and O–H groups in total. The lowest BCUT2D eigenvalue weighted by Crippen LogP contribution is -2.14. The van der Waals surface area contributed by atoms with Crippen molar-refractivity contribution in [3.05, 3.63) is 64.5 Å². The summed E-state index contributed by atoms with van der Waals surface area (Å²) in [5.41, 5.74) is 3.64. The van der Waals surface area contributed by atoms with E-state index < -0.39 is 11.7 Å². The summed E-state index contributed by atoms with van der Waals surface area (Å²) >= 11 is 0. The third kappa shape index (κ3) is 2.99. The number of aryl methyl sites for hydroxylation is 3. The summed E-state index contributed by atoms with van der Waals surface area (Å²) in [4.78, 5) is 12.1. The van der Waals surface area contributed by atoms with Gasteiger partial charge in [0.15, 0.2) is 0 Å². The van der Waals surface area contributed by atoms with E-state index in [-0.39, 0.29) is 5.56 Å². The maximum absolute atomic E-state index is 13.6. The van der Waals surface area contributed by atoms with Crippen molar-refractivity contribution in [1.82, 2.24) is 0 Å². The van der Waals surface area contributed by atoms with Crippen LogP contribution < -0.4 is 5.32 Å². The smallest absolute Gasteiger partial charge is 0.258 e. The molecule has 2 nitrogen and oxygen atoms in total. The first-order valence-corrected chi connectivity index (χ1v) is 6.12. The van der Waals surface area contributed by atoms with Crippen molar-refractivity contribution in [3.63, 3.8) is 0 Å². The summed E-state index contributed by atoms with van der Waals surface area (Å²) in [6.45, 7) is 5.68. The number of amides is 1. The van der Waals surface area contributed by atoms with Gasteiger partial charge in [0.25, 0.3) is 5.91 Å². The maximum Gasteiger partial charge on any atom is 0.258 e. The van der Waals surface area contributed by atoms with Crippen molar-refractivity contribution in [1.29, 1.82) is 0 Å². The van der Waals surface area contributed by atoms with Gasteiger partial charge in [0.2, 0.25) is 0 Å². The second-order valence-electron chi connectivity index (χ2n) is 4.76. The second-order valence-corrected chi connectivity index (χ2v) is 4.76. The molecule has 0 heterocycles. The van der Waals surface area contributed by atoms with Crippen LogP contribution in [-0.4, -0.2) is 5.91 Å². The molecule has 0 saturated heterocycles. The normalized spacial score (nSPS) is 10.3. The van der Waals surface area contributed by atoms with Crippen molar-refractivity contribution in [2.24, 2.45) is 0 Å². The third-order valence-corrected chi connectivity index (χ3v) is 3.01. The Morgan fingerprint density at radius 3 is 2.37 bits per heavy atom. The first kappa shape index (κ1) is 13.3. The van der Waals surface area contributed by atoms with Crippen LogP contribution >= 0.6 is 0 Å². The van der Waals surface area contributed by atoms with Crippen LogP contribution in [0.25, 0.3) is 0 Å². The highest BCUT2D eigenvalue weighted by Crippen LogP contribution is 2.18. The Balaban J connectivity index is 2.30. The number of carbonyl (C=O) groups excluding carboxylic acids is 1. The average molecular weight is 257 g/mol. The highest BCUT2D eigenvalue weighted by Gasteiger charge is 2.13. The fourth-order valence-corrected chi connectivity index (χ4v) is 1.87. The van der Waals surface area contributed by atoms with Gasteiger partial charge in [-0.1, -0.05) is 23.8 Å². The van der Waals surface area contributed by atoms with E-state index in [1.54, 1.807) is 12.1 Å². The van der Waals surface area contributed by atoms with Crippen LogP contribution in [-0.2, 0) is 0 Å². The number of halogens is 1. The minimum atomic E-state index is -0.506. The molecule has 0 aliphatic carbocycles. The molecule has 0 aromatic heterocycles. The van der Waals surface area contributed by atoms with Gasteiger partial charge in [-0.25, -0.2) is 4.39 Å². The molecule has 0 spiro atoms. The Morgan fingerprint density at radius 2 is 1.63 bits per heavy atom. The fraction of sp³-hybridized carbons (Fsp3) is 0.188. The van der Waals surface area contributed by atoms with Gasteiger partial charge < -0.3 is 5.32 Å². The molecule has 2 rings (SSSR count). The van der Waals surface area contributed by atoms with Crippen LogP contribution in [0.15, 0.2) is 36.4 Å². The molecular formula is C16H16FNO. The molecule has 0 aliphatic rings. The Bertz CT molecular complexity index is 635. The molecular weight excluding hydrogens is 241 g/mol. The van der Waals surface area contributed by atoms with Crippen LogP contribution in [0.2, 0.25) is 0 Å². The van der Waals surface area contributed by atoms with Crippen LogP contribution in [0.1, 0.15) is 27.0 Å². The van der Waals surface area contributed by atoms with Crippen LogP contribution in [0.4, 0.5) is 10.1 Å². The van der Waals surface area contributed by atoms with Gasteiger partial charge in [0.05, 0.1) is 5.56 Å². The Hall–Kier alpha value is -2.16. The summed E-state index contributed by atoms with van der Waals surface area (Å²) in [6, 6.07) is 10.3. The molecule has 0 fully saturated rings. The SMILES string of the molecule is Cc1ccc(C)c(NC(=O)c2cc(C)ccc2F)c1. The molecule has 0 unspecified atom stereocenters. The van der Waals surface area contributed by atoms with E-state index in [9.17, 15) is 9.18 Å². The van der Waals surface area contributed by atoms with Gasteiger partial charge in [0.1, 0.15) is 5.82 Å². The van der Waals surface area contributed by atoms with Gasteiger partial charge in [-0.15, -0.1) is 0 Å². The highest BCUT2D eigenvalue weighted by atomic mass is 19.1. The van der Waals surface area contributed by atoms with Crippen molar-refractivity contribution in [2.75, 3.05) is 5.32 Å². The van der Waals surface area contributed by atoms with E-state index in [0.29, 0.717) is 5.69 Å². The molecule has 2 aromatic rings. The first-order chi connectivity index (χ1) is 8.97. The molecule has 19 heavy (non-hydrogen) atoms. The fourth-order valence-electron chi connectivity index (χ4n) is 1.87. The zero-order valence-electron chi connectivity index (χ0n) is 11.3. The van der Waals surface area contributed by atoms with E-state index in [0.717, 1.165) is 16.7 Å². The van der Waals surface area contributed by atoms with Gasteiger partial charge in [-0.2, -0.15) is 0 Å². The predicted octanol–water partition coefficient (Wildman–Crippen LogP) is 4.00. The van der Waals surface area contributed by atoms with Gasteiger partial charge >= 0.3 is 0 Å². The van der Waals surface area contributed by atoms with Gasteiger partial charge in [-0.3, -0.25) is 4.79 Å². The molecule has 0 aliphatic heterocycles. The van der Waals surface area contributed by atoms with Crippen molar-refractivity contribution >= 4 is 11.6 Å². The molecule has 1 amide bonds. The predicted molar refractivity (Wildman–Crippen MR) is 75.0 cm³/mol. The number of hydrogen-bond donors (Lipinski definition) is 1. The summed E-state index contributed by atoms with van der Waals surface area (Å²) in [5, 5.41) is 2.76. The minimum absolute atomic E-state index is 0.0703. The van der Waals surface area contributed by atoms with Crippen LogP contribution in [0, 0.1) is 26.6 Å². The van der Waals surface area contributed by atoms with Crippen LogP contribution in [0.5, 0.6) is 0 Å². The van der Waals surface area contributed by atoms with Crippen LogP contribution in [0.3, 0.4) is 0 Å². The number of carbonyl (C=O) groups is 1. The Morgan fingerprint density at radius 1 is 1.00 bits per heavy atom. The van der Waals surface area contributed by atoms with Gasteiger partial charge in [0, 0.05) is 5.69 Å². The number of rotatable bonds is 2. The number of hydrogen-bond acceptors (Lipinski definition) is 1. The largest absolute Gasteiger partial charge is 0.322 e. The average Bonchev–Trinajstić information content (AvgIpc) is 2.36. The zero-order valence-corrected chi connectivity index (χ0v) is 11.3. The third-order valence-electron chi connectivity index (χ3n) is 3.01. The van der Waals surface area contributed by atoms with E-state index in [4.69, 9.17) is 0 Å².